The van der Waals surface area contributed by atoms with Crippen LogP contribution < -0.4 is 4.90 Å². The molecule has 3 rings (SSSR count). The predicted molar refractivity (Wildman–Crippen MR) is 83.3 cm³/mol. The van der Waals surface area contributed by atoms with Crippen LogP contribution in [0.4, 0.5) is 5.69 Å². The molecule has 1 saturated heterocycles. The summed E-state index contributed by atoms with van der Waals surface area (Å²) < 4.78 is 0. The summed E-state index contributed by atoms with van der Waals surface area (Å²) in [6, 6.07) is 8.32. The zero-order valence-electron chi connectivity index (χ0n) is 12.9. The number of rotatable bonds is 5. The van der Waals surface area contributed by atoms with E-state index in [4.69, 9.17) is 0 Å². The molecule has 4 heteroatoms. The number of carbonyl (C=O) groups excluding carboxylic acids is 1. The van der Waals surface area contributed by atoms with E-state index in [1.165, 1.54) is 11.3 Å². The summed E-state index contributed by atoms with van der Waals surface area (Å²) in [5, 5.41) is 10.2. The second-order valence-electron chi connectivity index (χ2n) is 6.69. The fourth-order valence-corrected chi connectivity index (χ4v) is 3.04. The zero-order chi connectivity index (χ0) is 15.0. The van der Waals surface area contributed by atoms with E-state index in [0.717, 1.165) is 19.3 Å². The number of nitrogens with zero attached hydrogens (tertiary/aromatic N) is 2. The summed E-state index contributed by atoms with van der Waals surface area (Å²) >= 11 is 0. The lowest BCUT2D eigenvalue weighted by Gasteiger charge is -2.47. The van der Waals surface area contributed by atoms with Crippen LogP contribution in [-0.2, 0) is 11.2 Å². The maximum Gasteiger partial charge on any atom is 0.223 e. The molecule has 1 aliphatic heterocycles. The van der Waals surface area contributed by atoms with Crippen molar-refractivity contribution in [2.24, 2.45) is 5.92 Å². The van der Waals surface area contributed by atoms with Gasteiger partial charge in [0.2, 0.25) is 5.91 Å². The highest BCUT2D eigenvalue weighted by atomic mass is 16.3. The number of aryl methyl sites for hydroxylation is 1. The van der Waals surface area contributed by atoms with Crippen molar-refractivity contribution in [3.05, 3.63) is 29.8 Å². The molecular formula is C17H24N2O2. The number of hydrogen-bond acceptors (Lipinski definition) is 3. The average Bonchev–Trinajstić information content (AvgIpc) is 3.26. The Labute approximate surface area is 126 Å². The highest BCUT2D eigenvalue weighted by Gasteiger charge is 2.52. The number of benzene rings is 1. The van der Waals surface area contributed by atoms with Gasteiger partial charge in [-0.3, -0.25) is 4.79 Å². The van der Waals surface area contributed by atoms with E-state index in [0.29, 0.717) is 25.4 Å². The molecule has 114 valence electrons. The molecule has 1 amide bonds. The Morgan fingerprint density at radius 2 is 1.90 bits per heavy atom. The van der Waals surface area contributed by atoms with Crippen LogP contribution in [-0.4, -0.2) is 48.7 Å². The lowest BCUT2D eigenvalue weighted by molar-refractivity contribution is -0.159. The van der Waals surface area contributed by atoms with Crippen molar-refractivity contribution in [1.29, 1.82) is 0 Å². The van der Waals surface area contributed by atoms with Gasteiger partial charge in [0.25, 0.3) is 0 Å². The van der Waals surface area contributed by atoms with Gasteiger partial charge in [-0.1, -0.05) is 12.1 Å². The van der Waals surface area contributed by atoms with Crippen molar-refractivity contribution in [2.75, 3.05) is 32.1 Å². The van der Waals surface area contributed by atoms with E-state index in [-0.39, 0.29) is 5.91 Å². The molecule has 21 heavy (non-hydrogen) atoms. The second-order valence-corrected chi connectivity index (χ2v) is 6.69. The van der Waals surface area contributed by atoms with Gasteiger partial charge in [0.05, 0.1) is 13.1 Å². The number of carbonyl (C=O) groups is 1. The molecule has 0 radical (unpaired) electrons. The van der Waals surface area contributed by atoms with Crippen LogP contribution in [0.25, 0.3) is 0 Å². The first-order valence-electron chi connectivity index (χ1n) is 7.74. The van der Waals surface area contributed by atoms with E-state index < -0.39 is 5.60 Å². The van der Waals surface area contributed by atoms with Crippen LogP contribution in [0.3, 0.4) is 0 Å². The van der Waals surface area contributed by atoms with Gasteiger partial charge in [-0.2, -0.15) is 0 Å². The van der Waals surface area contributed by atoms with E-state index >= 15 is 0 Å². The quantitative estimate of drug-likeness (QED) is 0.896. The van der Waals surface area contributed by atoms with E-state index in [1.54, 1.807) is 4.90 Å². The molecule has 1 aromatic carbocycles. The Balaban J connectivity index is 1.46. The van der Waals surface area contributed by atoms with Crippen molar-refractivity contribution in [1.82, 2.24) is 4.90 Å². The Morgan fingerprint density at radius 3 is 2.43 bits per heavy atom. The normalized spacial score (nSPS) is 20.0. The third-order valence-electron chi connectivity index (χ3n) is 4.70. The third-order valence-corrected chi connectivity index (χ3v) is 4.70. The predicted octanol–water partition coefficient (Wildman–Crippen LogP) is 1.67. The van der Waals surface area contributed by atoms with Crippen molar-refractivity contribution >= 4 is 11.6 Å². The summed E-state index contributed by atoms with van der Waals surface area (Å²) in [6.45, 7) is 1.08. The Kier molecular flexibility index (Phi) is 3.66. The molecule has 1 aliphatic carbocycles. The Morgan fingerprint density at radius 1 is 1.29 bits per heavy atom. The standard InChI is InChI=1S/C17H24N2O2/c1-18(2)15-8-3-13(4-9-15)5-10-16(20)19-11-17(21,12-19)14-6-7-14/h3-4,8-9,14,21H,5-7,10-12H2,1-2H3. The van der Waals surface area contributed by atoms with Gasteiger partial charge < -0.3 is 14.9 Å². The van der Waals surface area contributed by atoms with E-state index in [2.05, 4.69) is 29.2 Å². The Bertz CT molecular complexity index is 514. The molecule has 1 aromatic rings. The largest absolute Gasteiger partial charge is 0.386 e. The first-order chi connectivity index (χ1) is 9.98. The molecule has 4 nitrogen and oxygen atoms in total. The van der Waals surface area contributed by atoms with Crippen LogP contribution in [0.5, 0.6) is 0 Å². The minimum absolute atomic E-state index is 0.164. The smallest absolute Gasteiger partial charge is 0.223 e. The van der Waals surface area contributed by atoms with Gasteiger partial charge in [0.1, 0.15) is 5.60 Å². The molecule has 0 unspecified atom stereocenters. The van der Waals surface area contributed by atoms with Crippen LogP contribution in [0.15, 0.2) is 24.3 Å². The lowest BCUT2D eigenvalue weighted by Crippen LogP contribution is -2.64. The number of hydrogen-bond donors (Lipinski definition) is 1. The first-order valence-corrected chi connectivity index (χ1v) is 7.74. The second kappa shape index (κ2) is 5.34. The highest BCUT2D eigenvalue weighted by molar-refractivity contribution is 5.77. The van der Waals surface area contributed by atoms with Gasteiger partial charge in [-0.25, -0.2) is 0 Å². The lowest BCUT2D eigenvalue weighted by atomic mass is 9.88. The van der Waals surface area contributed by atoms with Gasteiger partial charge in [0.15, 0.2) is 0 Å². The van der Waals surface area contributed by atoms with Crippen LogP contribution in [0.1, 0.15) is 24.8 Å². The zero-order valence-corrected chi connectivity index (χ0v) is 12.9. The number of anilines is 1. The molecule has 1 heterocycles. The number of amides is 1. The molecule has 0 atom stereocenters. The molecule has 1 N–H and O–H groups in total. The number of β-amino-alcohol motifs (C(OH)–C–C–N with tert-alkyl or cyclic N) is 1. The fourth-order valence-electron chi connectivity index (χ4n) is 3.04. The summed E-state index contributed by atoms with van der Waals surface area (Å²) in [7, 11) is 4.03. The molecule has 0 spiro atoms. The van der Waals surface area contributed by atoms with E-state index in [1.807, 2.05) is 14.1 Å². The summed E-state index contributed by atoms with van der Waals surface area (Å²) in [5.74, 6) is 0.608. The van der Waals surface area contributed by atoms with Crippen molar-refractivity contribution in [3.8, 4) is 0 Å². The van der Waals surface area contributed by atoms with Crippen LogP contribution in [0.2, 0.25) is 0 Å². The summed E-state index contributed by atoms with van der Waals surface area (Å²) in [4.78, 5) is 16.0. The summed E-state index contributed by atoms with van der Waals surface area (Å²) in [5.41, 5.74) is 1.79. The minimum Gasteiger partial charge on any atom is -0.386 e. The monoisotopic (exact) mass is 288 g/mol. The van der Waals surface area contributed by atoms with Crippen LogP contribution in [0, 0.1) is 5.92 Å². The van der Waals surface area contributed by atoms with Crippen molar-refractivity contribution in [2.45, 2.75) is 31.3 Å². The summed E-state index contributed by atoms with van der Waals surface area (Å²) in [6.07, 6.45) is 3.54. The SMILES string of the molecule is CN(C)c1ccc(CCC(=O)N2CC(O)(C3CC3)C2)cc1. The molecule has 2 aliphatic rings. The fraction of sp³-hybridized carbons (Fsp3) is 0.588. The molecule has 0 bridgehead atoms. The Hall–Kier alpha value is -1.55. The maximum atomic E-state index is 12.1. The van der Waals surface area contributed by atoms with Gasteiger partial charge in [-0.05, 0) is 42.9 Å². The maximum absolute atomic E-state index is 12.1. The van der Waals surface area contributed by atoms with E-state index in [9.17, 15) is 9.90 Å². The van der Waals surface area contributed by atoms with Crippen molar-refractivity contribution < 1.29 is 9.90 Å². The van der Waals surface area contributed by atoms with Gasteiger partial charge in [0, 0.05) is 26.2 Å². The van der Waals surface area contributed by atoms with Gasteiger partial charge in [-0.15, -0.1) is 0 Å². The molecule has 0 aromatic heterocycles. The number of likely N-dealkylation sites (tertiary alicyclic amines) is 1. The van der Waals surface area contributed by atoms with Crippen LogP contribution >= 0.6 is 0 Å². The molecular weight excluding hydrogens is 264 g/mol. The average molecular weight is 288 g/mol. The number of aliphatic hydroxyl groups is 1. The first kappa shape index (κ1) is 14.4. The van der Waals surface area contributed by atoms with Crippen molar-refractivity contribution in [3.63, 3.8) is 0 Å². The topological polar surface area (TPSA) is 43.8 Å². The third kappa shape index (κ3) is 3.05. The molecule has 1 saturated carbocycles. The highest BCUT2D eigenvalue weighted by Crippen LogP contribution is 2.44. The minimum atomic E-state index is -0.566. The molecule has 2 fully saturated rings. The van der Waals surface area contributed by atoms with Gasteiger partial charge >= 0.3 is 0 Å².